The minimum atomic E-state index is 0.510. The van der Waals surface area contributed by atoms with E-state index in [0.717, 1.165) is 29.9 Å². The molecule has 0 aliphatic rings. The third-order valence-corrected chi connectivity index (χ3v) is 3.17. The van der Waals surface area contributed by atoms with Gasteiger partial charge in [0.2, 0.25) is 0 Å². The van der Waals surface area contributed by atoms with Gasteiger partial charge in [-0.1, -0.05) is 25.1 Å². The number of nitrogens with zero attached hydrogens (tertiary/aromatic N) is 2. The molecule has 19 heavy (non-hydrogen) atoms. The van der Waals surface area contributed by atoms with E-state index in [1.165, 1.54) is 11.8 Å². The Labute approximate surface area is 119 Å². The van der Waals surface area contributed by atoms with Crippen molar-refractivity contribution in [2.24, 2.45) is 15.9 Å². The van der Waals surface area contributed by atoms with Gasteiger partial charge in [-0.2, -0.15) is 5.10 Å². The maximum Gasteiger partial charge on any atom is 0.180 e. The third-order valence-electron chi connectivity index (χ3n) is 2.30. The van der Waals surface area contributed by atoms with Crippen molar-refractivity contribution in [3.63, 3.8) is 0 Å². The Kier molecular flexibility index (Phi) is 7.74. The molecule has 0 saturated carbocycles. The molecule has 0 amide bonds. The number of hydrogen-bond acceptors (Lipinski definition) is 4. The number of ether oxygens (including phenoxy) is 1. The summed E-state index contributed by atoms with van der Waals surface area (Å²) in [4.78, 5) is 0. The summed E-state index contributed by atoms with van der Waals surface area (Å²) in [5.41, 5.74) is 6.69. The van der Waals surface area contributed by atoms with Gasteiger partial charge in [-0.05, 0) is 43.2 Å². The molecule has 5 heteroatoms. The number of thioether (sulfide) groups is 1. The van der Waals surface area contributed by atoms with E-state index in [4.69, 9.17) is 10.5 Å². The Morgan fingerprint density at radius 1 is 1.32 bits per heavy atom. The normalized spacial score (nSPS) is 12.0. The second kappa shape index (κ2) is 9.44. The maximum atomic E-state index is 5.72. The van der Waals surface area contributed by atoms with Gasteiger partial charge in [0.25, 0.3) is 0 Å². The Balaban J connectivity index is 2.44. The van der Waals surface area contributed by atoms with Gasteiger partial charge in [-0.25, -0.2) is 0 Å². The van der Waals surface area contributed by atoms with Crippen LogP contribution in [0.1, 0.15) is 32.3 Å². The zero-order valence-corrected chi connectivity index (χ0v) is 12.3. The van der Waals surface area contributed by atoms with Gasteiger partial charge in [0.15, 0.2) is 5.17 Å². The monoisotopic (exact) mass is 279 g/mol. The summed E-state index contributed by atoms with van der Waals surface area (Å²) >= 11 is 1.54. The van der Waals surface area contributed by atoms with Crippen LogP contribution in [0.4, 0.5) is 0 Å². The molecule has 0 fully saturated rings. The SMILES string of the molecule is CCCCS/C(N)=N\N=C\c1ccc(OCC)cc1. The summed E-state index contributed by atoms with van der Waals surface area (Å²) in [5, 5.41) is 8.43. The highest BCUT2D eigenvalue weighted by Crippen LogP contribution is 2.11. The maximum absolute atomic E-state index is 5.72. The van der Waals surface area contributed by atoms with Crippen molar-refractivity contribution in [3.05, 3.63) is 29.8 Å². The Bertz CT molecular complexity index is 415. The van der Waals surface area contributed by atoms with Crippen molar-refractivity contribution < 1.29 is 4.74 Å². The van der Waals surface area contributed by atoms with E-state index in [9.17, 15) is 0 Å². The molecule has 104 valence electrons. The van der Waals surface area contributed by atoms with Gasteiger partial charge in [-0.3, -0.25) is 0 Å². The fraction of sp³-hybridized carbons (Fsp3) is 0.429. The van der Waals surface area contributed by atoms with Gasteiger partial charge < -0.3 is 10.5 Å². The molecule has 1 aromatic rings. The Morgan fingerprint density at radius 2 is 2.05 bits per heavy atom. The van der Waals surface area contributed by atoms with Crippen LogP contribution in [0.15, 0.2) is 34.5 Å². The molecule has 1 rings (SSSR count). The van der Waals surface area contributed by atoms with Crippen LogP contribution in [-0.4, -0.2) is 23.7 Å². The van der Waals surface area contributed by atoms with E-state index in [-0.39, 0.29) is 0 Å². The molecule has 1 aromatic carbocycles. The highest BCUT2D eigenvalue weighted by molar-refractivity contribution is 8.13. The molecule has 0 atom stereocenters. The van der Waals surface area contributed by atoms with Crippen LogP contribution in [0.5, 0.6) is 5.75 Å². The van der Waals surface area contributed by atoms with Gasteiger partial charge in [0.1, 0.15) is 5.75 Å². The van der Waals surface area contributed by atoms with Gasteiger partial charge in [-0.15, -0.1) is 5.10 Å². The highest BCUT2D eigenvalue weighted by Gasteiger charge is 1.93. The molecule has 0 aliphatic heterocycles. The molecule has 0 bridgehead atoms. The van der Waals surface area contributed by atoms with Crippen LogP contribution in [0, 0.1) is 0 Å². The topological polar surface area (TPSA) is 60.0 Å². The summed E-state index contributed by atoms with van der Waals surface area (Å²) in [6.07, 6.45) is 3.99. The average Bonchev–Trinajstić information content (AvgIpc) is 2.41. The first kappa shape index (κ1) is 15.6. The molecule has 4 nitrogen and oxygen atoms in total. The van der Waals surface area contributed by atoms with Crippen LogP contribution in [-0.2, 0) is 0 Å². The van der Waals surface area contributed by atoms with Crippen LogP contribution in [0.3, 0.4) is 0 Å². The number of benzene rings is 1. The van der Waals surface area contributed by atoms with Crippen molar-refractivity contribution in [2.45, 2.75) is 26.7 Å². The first-order valence-electron chi connectivity index (χ1n) is 6.48. The zero-order chi connectivity index (χ0) is 13.9. The lowest BCUT2D eigenvalue weighted by atomic mass is 10.2. The number of amidine groups is 1. The van der Waals surface area contributed by atoms with Crippen molar-refractivity contribution in [1.29, 1.82) is 0 Å². The van der Waals surface area contributed by atoms with Crippen LogP contribution >= 0.6 is 11.8 Å². The number of rotatable bonds is 7. The molecule has 0 spiro atoms. The zero-order valence-electron chi connectivity index (χ0n) is 11.5. The van der Waals surface area contributed by atoms with Crippen molar-refractivity contribution >= 4 is 23.1 Å². The van der Waals surface area contributed by atoms with E-state index in [1.54, 1.807) is 6.21 Å². The van der Waals surface area contributed by atoms with E-state index in [2.05, 4.69) is 17.1 Å². The van der Waals surface area contributed by atoms with E-state index >= 15 is 0 Å². The summed E-state index contributed by atoms with van der Waals surface area (Å²) < 4.78 is 5.36. The lowest BCUT2D eigenvalue weighted by Gasteiger charge is -2.01. The number of unbranched alkanes of at least 4 members (excludes halogenated alkanes) is 1. The second-order valence-electron chi connectivity index (χ2n) is 3.89. The first-order chi connectivity index (χ1) is 9.26. The number of hydrogen-bond donors (Lipinski definition) is 1. The second-order valence-corrected chi connectivity index (χ2v) is 5.00. The van der Waals surface area contributed by atoms with E-state index in [1.807, 2.05) is 31.2 Å². The molecule has 2 N–H and O–H groups in total. The Hall–Kier alpha value is -1.49. The molecule has 0 aromatic heterocycles. The van der Waals surface area contributed by atoms with E-state index < -0.39 is 0 Å². The molecule has 0 heterocycles. The highest BCUT2D eigenvalue weighted by atomic mass is 32.2. The van der Waals surface area contributed by atoms with Crippen molar-refractivity contribution in [2.75, 3.05) is 12.4 Å². The minimum absolute atomic E-state index is 0.510. The van der Waals surface area contributed by atoms with Gasteiger partial charge in [0.05, 0.1) is 12.8 Å². The smallest absolute Gasteiger partial charge is 0.180 e. The summed E-state index contributed by atoms with van der Waals surface area (Å²) in [6.45, 7) is 4.78. The first-order valence-corrected chi connectivity index (χ1v) is 7.47. The third kappa shape index (κ3) is 6.86. The average molecular weight is 279 g/mol. The van der Waals surface area contributed by atoms with Crippen molar-refractivity contribution in [1.82, 2.24) is 0 Å². The lowest BCUT2D eigenvalue weighted by Crippen LogP contribution is -2.06. The summed E-state index contributed by atoms with van der Waals surface area (Å²) in [5.74, 6) is 1.85. The van der Waals surface area contributed by atoms with Crippen LogP contribution in [0.2, 0.25) is 0 Å². The minimum Gasteiger partial charge on any atom is -0.494 e. The predicted octanol–water partition coefficient (Wildman–Crippen LogP) is 3.27. The molecular weight excluding hydrogens is 258 g/mol. The largest absolute Gasteiger partial charge is 0.494 e. The van der Waals surface area contributed by atoms with E-state index in [0.29, 0.717) is 11.8 Å². The fourth-order valence-electron chi connectivity index (χ4n) is 1.32. The lowest BCUT2D eigenvalue weighted by molar-refractivity contribution is 0.340. The quantitative estimate of drug-likeness (QED) is 0.361. The van der Waals surface area contributed by atoms with Crippen molar-refractivity contribution in [3.8, 4) is 5.75 Å². The van der Waals surface area contributed by atoms with Crippen LogP contribution < -0.4 is 10.5 Å². The summed E-state index contributed by atoms with van der Waals surface area (Å²) in [6, 6.07) is 7.69. The van der Waals surface area contributed by atoms with Crippen LogP contribution in [0.25, 0.3) is 0 Å². The molecule has 0 unspecified atom stereocenters. The molecular formula is C14H21N3OS. The van der Waals surface area contributed by atoms with Gasteiger partial charge in [0, 0.05) is 5.75 Å². The molecule has 0 radical (unpaired) electrons. The Morgan fingerprint density at radius 3 is 2.68 bits per heavy atom. The standard InChI is InChI=1S/C14H21N3OS/c1-3-5-10-19-14(15)17-16-11-12-6-8-13(9-7-12)18-4-2/h6-9,11H,3-5,10H2,1-2H3,(H2,15,17)/b16-11+. The fourth-order valence-corrected chi connectivity index (χ4v) is 2.07. The molecule has 0 saturated heterocycles. The van der Waals surface area contributed by atoms with Gasteiger partial charge >= 0.3 is 0 Å². The molecule has 0 aliphatic carbocycles. The predicted molar refractivity (Wildman–Crippen MR) is 84.2 cm³/mol. The number of nitrogens with two attached hydrogens (primary N) is 1. The summed E-state index contributed by atoms with van der Waals surface area (Å²) in [7, 11) is 0.